The predicted octanol–water partition coefficient (Wildman–Crippen LogP) is 2.39. The summed E-state index contributed by atoms with van der Waals surface area (Å²) in [7, 11) is 0. The fourth-order valence-electron chi connectivity index (χ4n) is 2.39. The van der Waals surface area contributed by atoms with E-state index in [9.17, 15) is 14.4 Å². The van der Waals surface area contributed by atoms with Gasteiger partial charge in [-0.2, -0.15) is 0 Å². The number of carbonyl (C=O) groups excluding carboxylic acids is 3. The van der Waals surface area contributed by atoms with E-state index < -0.39 is 23.9 Å². The summed E-state index contributed by atoms with van der Waals surface area (Å²) in [5.41, 5.74) is 7.47. The largest absolute Gasteiger partial charge is 0.452 e. The molecule has 2 amide bonds. The third kappa shape index (κ3) is 5.52. The summed E-state index contributed by atoms with van der Waals surface area (Å²) >= 11 is 1.18. The lowest BCUT2D eigenvalue weighted by molar-refractivity contribution is -0.150. The summed E-state index contributed by atoms with van der Waals surface area (Å²) in [5, 5.41) is 3.20. The van der Waals surface area contributed by atoms with Gasteiger partial charge in [0.25, 0.3) is 5.91 Å². The van der Waals surface area contributed by atoms with Gasteiger partial charge in [-0.05, 0) is 43.3 Å². The highest BCUT2D eigenvalue weighted by atomic mass is 32.2. The van der Waals surface area contributed by atoms with E-state index in [-0.39, 0.29) is 5.75 Å². The number of primary amides is 1. The van der Waals surface area contributed by atoms with Crippen molar-refractivity contribution in [2.24, 2.45) is 5.73 Å². The SMILES string of the molecule is CC(OC(=O)CSc1cnc2ccccc2n1)C(=O)Nc1ccc(C(N)=O)cc1. The zero-order chi connectivity index (χ0) is 20.8. The van der Waals surface area contributed by atoms with Crippen molar-refractivity contribution in [1.29, 1.82) is 0 Å². The minimum atomic E-state index is -0.985. The Morgan fingerprint density at radius 1 is 1.10 bits per heavy atom. The standard InChI is InChI=1S/C20H18N4O4S/c1-12(20(27)23-14-8-6-13(7-9-14)19(21)26)28-18(25)11-29-17-10-22-15-4-2-3-5-16(15)24-17/h2-10,12H,11H2,1H3,(H2,21,26)(H,23,27). The first-order chi connectivity index (χ1) is 13.9. The molecule has 3 rings (SSSR count). The Hall–Kier alpha value is -3.46. The Balaban J connectivity index is 1.49. The number of rotatable bonds is 7. The Morgan fingerprint density at radius 2 is 1.79 bits per heavy atom. The maximum absolute atomic E-state index is 12.2. The average Bonchev–Trinajstić information content (AvgIpc) is 2.72. The second kappa shape index (κ2) is 9.16. The van der Waals surface area contributed by atoms with Gasteiger partial charge in [0.05, 0.1) is 23.0 Å². The molecule has 0 saturated heterocycles. The van der Waals surface area contributed by atoms with Crippen LogP contribution < -0.4 is 11.1 Å². The summed E-state index contributed by atoms with van der Waals surface area (Å²) in [6.07, 6.45) is 0.605. The molecular formula is C20H18N4O4S. The molecule has 1 atom stereocenters. The number of ether oxygens (including phenoxy) is 1. The minimum Gasteiger partial charge on any atom is -0.452 e. The Labute approximate surface area is 170 Å². The van der Waals surface area contributed by atoms with Gasteiger partial charge in [0, 0.05) is 11.3 Å². The number of nitrogens with one attached hydrogen (secondary N) is 1. The molecule has 8 nitrogen and oxygen atoms in total. The van der Waals surface area contributed by atoms with Crippen molar-refractivity contribution < 1.29 is 19.1 Å². The first kappa shape index (κ1) is 20.3. The first-order valence-electron chi connectivity index (χ1n) is 8.67. The molecular weight excluding hydrogens is 392 g/mol. The zero-order valence-corrected chi connectivity index (χ0v) is 16.3. The van der Waals surface area contributed by atoms with Crippen LogP contribution in [0.4, 0.5) is 5.69 Å². The molecule has 0 aliphatic carbocycles. The summed E-state index contributed by atoms with van der Waals surface area (Å²) in [6, 6.07) is 13.5. The lowest BCUT2D eigenvalue weighted by Gasteiger charge is -2.13. The number of aromatic nitrogens is 2. The smallest absolute Gasteiger partial charge is 0.317 e. The number of esters is 1. The van der Waals surface area contributed by atoms with Gasteiger partial charge in [-0.15, -0.1) is 0 Å². The van der Waals surface area contributed by atoms with Crippen molar-refractivity contribution >= 4 is 46.3 Å². The van der Waals surface area contributed by atoms with Crippen LogP contribution in [0.1, 0.15) is 17.3 Å². The number of fused-ring (bicyclic) bond motifs is 1. The van der Waals surface area contributed by atoms with Crippen LogP contribution >= 0.6 is 11.8 Å². The number of nitrogens with two attached hydrogens (primary N) is 1. The monoisotopic (exact) mass is 410 g/mol. The number of carbonyl (C=O) groups is 3. The van der Waals surface area contributed by atoms with Gasteiger partial charge in [0.1, 0.15) is 5.03 Å². The van der Waals surface area contributed by atoms with Gasteiger partial charge < -0.3 is 15.8 Å². The molecule has 1 heterocycles. The molecule has 148 valence electrons. The van der Waals surface area contributed by atoms with Crippen molar-refractivity contribution in [1.82, 2.24) is 9.97 Å². The molecule has 0 spiro atoms. The Morgan fingerprint density at radius 3 is 2.48 bits per heavy atom. The summed E-state index contributed by atoms with van der Waals surface area (Å²) in [4.78, 5) is 44.0. The van der Waals surface area contributed by atoms with E-state index in [2.05, 4.69) is 15.3 Å². The van der Waals surface area contributed by atoms with Crippen LogP contribution in [0.3, 0.4) is 0 Å². The average molecular weight is 410 g/mol. The number of anilines is 1. The molecule has 0 radical (unpaired) electrons. The second-order valence-electron chi connectivity index (χ2n) is 6.05. The summed E-state index contributed by atoms with van der Waals surface area (Å²) < 4.78 is 5.16. The van der Waals surface area contributed by atoms with E-state index in [1.54, 1.807) is 18.3 Å². The van der Waals surface area contributed by atoms with Crippen LogP contribution in [0, 0.1) is 0 Å². The third-order valence-electron chi connectivity index (χ3n) is 3.88. The maximum Gasteiger partial charge on any atom is 0.317 e. The van der Waals surface area contributed by atoms with Crippen LogP contribution in [0.25, 0.3) is 11.0 Å². The van der Waals surface area contributed by atoms with Crippen LogP contribution in [0.15, 0.2) is 59.8 Å². The van der Waals surface area contributed by atoms with Gasteiger partial charge >= 0.3 is 5.97 Å². The molecule has 3 N–H and O–H groups in total. The molecule has 3 aromatic rings. The normalized spacial score (nSPS) is 11.6. The molecule has 2 aromatic carbocycles. The van der Waals surface area contributed by atoms with E-state index in [1.165, 1.54) is 30.8 Å². The zero-order valence-electron chi connectivity index (χ0n) is 15.5. The van der Waals surface area contributed by atoms with Gasteiger partial charge in [-0.1, -0.05) is 23.9 Å². The topological polar surface area (TPSA) is 124 Å². The molecule has 0 aliphatic rings. The van der Waals surface area contributed by atoms with Gasteiger partial charge in [-0.25, -0.2) is 4.98 Å². The molecule has 0 bridgehead atoms. The van der Waals surface area contributed by atoms with Gasteiger partial charge in [0.15, 0.2) is 6.10 Å². The number of benzene rings is 2. The fourth-order valence-corrected chi connectivity index (χ4v) is 3.01. The van der Waals surface area contributed by atoms with Crippen molar-refractivity contribution in [2.75, 3.05) is 11.1 Å². The highest BCUT2D eigenvalue weighted by molar-refractivity contribution is 7.99. The van der Waals surface area contributed by atoms with E-state index >= 15 is 0 Å². The molecule has 0 aliphatic heterocycles. The van der Waals surface area contributed by atoms with Gasteiger partial charge in [-0.3, -0.25) is 19.4 Å². The van der Waals surface area contributed by atoms with Crippen LogP contribution in [-0.4, -0.2) is 39.6 Å². The van der Waals surface area contributed by atoms with Crippen LogP contribution in [-0.2, 0) is 14.3 Å². The number of hydrogen-bond acceptors (Lipinski definition) is 7. The predicted molar refractivity (Wildman–Crippen MR) is 109 cm³/mol. The van der Waals surface area contributed by atoms with Crippen LogP contribution in [0.2, 0.25) is 0 Å². The lowest BCUT2D eigenvalue weighted by atomic mass is 10.2. The number of para-hydroxylation sites is 2. The minimum absolute atomic E-state index is 0.00203. The maximum atomic E-state index is 12.2. The van der Waals surface area contributed by atoms with Crippen molar-refractivity contribution in [3.05, 3.63) is 60.3 Å². The quantitative estimate of drug-likeness (QED) is 0.453. The first-order valence-corrected chi connectivity index (χ1v) is 9.66. The number of thioether (sulfide) groups is 1. The molecule has 0 saturated carbocycles. The van der Waals surface area contributed by atoms with E-state index in [0.717, 1.165) is 11.0 Å². The van der Waals surface area contributed by atoms with Crippen molar-refractivity contribution in [2.45, 2.75) is 18.1 Å². The van der Waals surface area contributed by atoms with Crippen LogP contribution in [0.5, 0.6) is 0 Å². The van der Waals surface area contributed by atoms with E-state index in [1.807, 2.05) is 24.3 Å². The lowest BCUT2D eigenvalue weighted by Crippen LogP contribution is -2.30. The molecule has 0 fully saturated rings. The number of hydrogen-bond donors (Lipinski definition) is 2. The number of nitrogens with zero attached hydrogens (tertiary/aromatic N) is 2. The summed E-state index contributed by atoms with van der Waals surface area (Å²) in [6.45, 7) is 1.48. The van der Waals surface area contributed by atoms with E-state index in [0.29, 0.717) is 16.3 Å². The van der Waals surface area contributed by atoms with E-state index in [4.69, 9.17) is 10.5 Å². The van der Waals surface area contributed by atoms with Crippen molar-refractivity contribution in [3.63, 3.8) is 0 Å². The highest BCUT2D eigenvalue weighted by Crippen LogP contribution is 2.18. The Kier molecular flexibility index (Phi) is 6.40. The van der Waals surface area contributed by atoms with Gasteiger partial charge in [0.2, 0.25) is 5.91 Å². The summed E-state index contributed by atoms with van der Waals surface area (Å²) in [5.74, 6) is -1.59. The second-order valence-corrected chi connectivity index (χ2v) is 7.04. The molecule has 1 aromatic heterocycles. The molecule has 29 heavy (non-hydrogen) atoms. The Bertz CT molecular complexity index is 1060. The molecule has 9 heteroatoms. The number of amides is 2. The molecule has 1 unspecified atom stereocenters. The highest BCUT2D eigenvalue weighted by Gasteiger charge is 2.18. The fraction of sp³-hybridized carbons (Fsp3) is 0.150. The third-order valence-corrected chi connectivity index (χ3v) is 4.75. The van der Waals surface area contributed by atoms with Crippen molar-refractivity contribution in [3.8, 4) is 0 Å².